The molecule has 2 heteroatoms. The summed E-state index contributed by atoms with van der Waals surface area (Å²) in [6.07, 6.45) is 0. The summed E-state index contributed by atoms with van der Waals surface area (Å²) >= 11 is 1.82. The summed E-state index contributed by atoms with van der Waals surface area (Å²) in [5, 5.41) is 7.43. The van der Waals surface area contributed by atoms with Crippen LogP contribution < -0.4 is 4.90 Å². The lowest BCUT2D eigenvalue weighted by Crippen LogP contribution is -2.09. The molecule has 44 heavy (non-hydrogen) atoms. The van der Waals surface area contributed by atoms with Crippen molar-refractivity contribution in [3.05, 3.63) is 163 Å². The van der Waals surface area contributed by atoms with Crippen LogP contribution in [0.1, 0.15) is 0 Å². The van der Waals surface area contributed by atoms with Crippen molar-refractivity contribution in [2.24, 2.45) is 0 Å². The molecule has 0 amide bonds. The smallest absolute Gasteiger partial charge is 0.0462 e. The molecule has 1 nitrogen and oxygen atoms in total. The molecule has 8 aromatic rings. The zero-order valence-corrected chi connectivity index (χ0v) is 24.8. The van der Waals surface area contributed by atoms with Crippen LogP contribution >= 0.6 is 11.3 Å². The van der Waals surface area contributed by atoms with Crippen molar-refractivity contribution >= 4 is 49.9 Å². The lowest BCUT2D eigenvalue weighted by atomic mass is 9.84. The average Bonchev–Trinajstić information content (AvgIpc) is 3.74. The Hall–Kier alpha value is -5.44. The Bertz CT molecular complexity index is 2260. The fourth-order valence-electron chi connectivity index (χ4n) is 7.09. The number of para-hydroxylation sites is 2. The van der Waals surface area contributed by atoms with Gasteiger partial charge in [-0.15, -0.1) is 11.3 Å². The van der Waals surface area contributed by atoms with Gasteiger partial charge in [-0.2, -0.15) is 0 Å². The molecule has 7 aromatic carbocycles. The highest BCUT2D eigenvalue weighted by molar-refractivity contribution is 7.13. The van der Waals surface area contributed by atoms with Crippen molar-refractivity contribution in [2.75, 3.05) is 4.90 Å². The Kier molecular flexibility index (Phi) is 5.75. The van der Waals surface area contributed by atoms with Crippen LogP contribution in [0.25, 0.3) is 65.4 Å². The van der Waals surface area contributed by atoms with Crippen molar-refractivity contribution in [1.82, 2.24) is 0 Å². The number of anilines is 3. The van der Waals surface area contributed by atoms with E-state index in [-0.39, 0.29) is 0 Å². The van der Waals surface area contributed by atoms with Crippen LogP contribution in [0.3, 0.4) is 0 Å². The van der Waals surface area contributed by atoms with Gasteiger partial charge in [0.2, 0.25) is 0 Å². The van der Waals surface area contributed by atoms with Gasteiger partial charge in [-0.25, -0.2) is 0 Å². The van der Waals surface area contributed by atoms with Gasteiger partial charge >= 0.3 is 0 Å². The van der Waals surface area contributed by atoms with Gasteiger partial charge in [0.15, 0.2) is 0 Å². The highest BCUT2D eigenvalue weighted by atomic mass is 32.1. The first-order valence-corrected chi connectivity index (χ1v) is 15.9. The second kappa shape index (κ2) is 10.1. The van der Waals surface area contributed by atoms with Crippen LogP contribution in [0.2, 0.25) is 0 Å². The molecule has 0 atom stereocenters. The molecule has 0 fully saturated rings. The Morgan fingerprint density at radius 2 is 0.932 bits per heavy atom. The van der Waals surface area contributed by atoms with E-state index in [2.05, 4.69) is 168 Å². The van der Waals surface area contributed by atoms with E-state index in [4.69, 9.17) is 0 Å². The van der Waals surface area contributed by atoms with Gasteiger partial charge in [-0.05, 0) is 97.2 Å². The molecule has 206 valence electrons. The number of nitrogens with zero attached hydrogens (tertiary/aromatic N) is 1. The molecule has 0 aliphatic heterocycles. The van der Waals surface area contributed by atoms with E-state index >= 15 is 0 Å². The van der Waals surface area contributed by atoms with E-state index in [1.807, 2.05) is 11.3 Å². The van der Waals surface area contributed by atoms with Crippen molar-refractivity contribution in [3.63, 3.8) is 0 Å². The van der Waals surface area contributed by atoms with Gasteiger partial charge in [0, 0.05) is 33.1 Å². The summed E-state index contributed by atoms with van der Waals surface area (Å²) in [5.41, 5.74) is 12.6. The normalized spacial score (nSPS) is 11.6. The Morgan fingerprint density at radius 1 is 0.386 bits per heavy atom. The van der Waals surface area contributed by atoms with E-state index in [0.717, 1.165) is 17.1 Å². The molecule has 1 aromatic heterocycles. The van der Waals surface area contributed by atoms with Gasteiger partial charge in [-0.1, -0.05) is 115 Å². The fraction of sp³-hybridized carbons (Fsp3) is 0. The SMILES string of the molecule is c1ccc(N(c2ccccc2)c2ccc(-c3c4c(c(-c5cccs5)c5ccccc35)-c3cccc5cccc-4c35)cc2)cc1. The van der Waals surface area contributed by atoms with Crippen molar-refractivity contribution in [2.45, 2.75) is 0 Å². The van der Waals surface area contributed by atoms with Crippen molar-refractivity contribution < 1.29 is 0 Å². The number of rotatable bonds is 5. The fourth-order valence-corrected chi connectivity index (χ4v) is 7.88. The van der Waals surface area contributed by atoms with Gasteiger partial charge in [0.25, 0.3) is 0 Å². The Labute approximate surface area is 260 Å². The minimum atomic E-state index is 1.13. The van der Waals surface area contributed by atoms with Crippen LogP contribution in [0, 0.1) is 0 Å². The molecule has 0 radical (unpaired) electrons. The van der Waals surface area contributed by atoms with Gasteiger partial charge in [-0.3, -0.25) is 0 Å². The van der Waals surface area contributed by atoms with Crippen LogP contribution in [0.5, 0.6) is 0 Å². The third-order valence-corrected chi connectivity index (χ3v) is 9.76. The first-order chi connectivity index (χ1) is 21.9. The predicted octanol–water partition coefficient (Wildman–Crippen LogP) is 12.5. The van der Waals surface area contributed by atoms with E-state index in [0.29, 0.717) is 0 Å². The molecular weight excluding hydrogens is 551 g/mol. The second-order valence-electron chi connectivity index (χ2n) is 11.3. The summed E-state index contributed by atoms with van der Waals surface area (Å²) in [4.78, 5) is 3.63. The topological polar surface area (TPSA) is 3.24 Å². The maximum atomic E-state index is 2.32. The van der Waals surface area contributed by atoms with Crippen molar-refractivity contribution in [3.8, 4) is 43.8 Å². The lowest BCUT2D eigenvalue weighted by Gasteiger charge is -2.26. The summed E-state index contributed by atoms with van der Waals surface area (Å²) < 4.78 is 0. The number of thiophene rings is 1. The molecule has 1 aliphatic rings. The van der Waals surface area contributed by atoms with Crippen LogP contribution in [-0.2, 0) is 0 Å². The zero-order valence-electron chi connectivity index (χ0n) is 23.9. The lowest BCUT2D eigenvalue weighted by molar-refractivity contribution is 1.28. The molecule has 0 N–H and O–H groups in total. The second-order valence-corrected chi connectivity index (χ2v) is 12.2. The maximum absolute atomic E-state index is 2.32. The quantitative estimate of drug-likeness (QED) is 0.197. The maximum Gasteiger partial charge on any atom is 0.0462 e. The minimum Gasteiger partial charge on any atom is -0.311 e. The first-order valence-electron chi connectivity index (χ1n) is 15.0. The summed E-state index contributed by atoms with van der Waals surface area (Å²) in [7, 11) is 0. The number of benzene rings is 7. The van der Waals surface area contributed by atoms with Crippen LogP contribution in [0.4, 0.5) is 17.1 Å². The molecule has 9 rings (SSSR count). The van der Waals surface area contributed by atoms with E-state index in [1.165, 1.54) is 65.4 Å². The van der Waals surface area contributed by atoms with Gasteiger partial charge in [0.1, 0.15) is 0 Å². The van der Waals surface area contributed by atoms with E-state index in [1.54, 1.807) is 0 Å². The standard InChI is InChI=1S/C42H27NS/c1-3-14-30(15-4-1)43(31-16-5-2-6-17-31)32-25-23-29(24-26-32)39-33-18-7-8-19-34(33)40(37-22-11-27-44-37)42-36-21-10-13-28-12-9-20-35(38(28)36)41(39)42/h1-27H. The monoisotopic (exact) mass is 577 g/mol. The van der Waals surface area contributed by atoms with Crippen LogP contribution in [-0.4, -0.2) is 0 Å². The molecule has 0 bridgehead atoms. The minimum absolute atomic E-state index is 1.13. The first kappa shape index (κ1) is 25.1. The number of fused-ring (bicyclic) bond motifs is 4. The zero-order chi connectivity index (χ0) is 29.0. The molecule has 0 unspecified atom stereocenters. The van der Waals surface area contributed by atoms with Gasteiger partial charge < -0.3 is 4.90 Å². The molecule has 1 aliphatic carbocycles. The summed E-state index contributed by atoms with van der Waals surface area (Å²) in [6.45, 7) is 0. The molecule has 1 heterocycles. The molecule has 0 saturated carbocycles. The van der Waals surface area contributed by atoms with E-state index in [9.17, 15) is 0 Å². The Morgan fingerprint density at radius 3 is 1.52 bits per heavy atom. The largest absolute Gasteiger partial charge is 0.311 e. The highest BCUT2D eigenvalue weighted by Gasteiger charge is 2.30. The molecule has 0 saturated heterocycles. The predicted molar refractivity (Wildman–Crippen MR) is 189 cm³/mol. The number of hydrogen-bond acceptors (Lipinski definition) is 2. The average molecular weight is 578 g/mol. The van der Waals surface area contributed by atoms with E-state index < -0.39 is 0 Å². The van der Waals surface area contributed by atoms with Crippen molar-refractivity contribution in [1.29, 1.82) is 0 Å². The molecule has 0 spiro atoms. The van der Waals surface area contributed by atoms with Gasteiger partial charge in [0.05, 0.1) is 0 Å². The summed E-state index contributed by atoms with van der Waals surface area (Å²) in [5.74, 6) is 0. The third kappa shape index (κ3) is 3.78. The van der Waals surface area contributed by atoms with Crippen LogP contribution in [0.15, 0.2) is 163 Å². The third-order valence-electron chi connectivity index (χ3n) is 8.87. The Balaban J connectivity index is 1.32. The highest BCUT2D eigenvalue weighted by Crippen LogP contribution is 2.58. The summed E-state index contributed by atoms with van der Waals surface area (Å²) in [6, 6.07) is 57.3. The number of hydrogen-bond donors (Lipinski definition) is 0. The molecular formula is C42H27NS.